The number of fused-ring (bicyclic) bond motifs is 1. The Morgan fingerprint density at radius 3 is 2.60 bits per heavy atom. The topological polar surface area (TPSA) is 20.3 Å². The maximum atomic E-state index is 12.4. The molecule has 0 saturated carbocycles. The van der Waals surface area contributed by atoms with Gasteiger partial charge in [0, 0.05) is 13.1 Å². The number of amides is 1. The quantitative estimate of drug-likeness (QED) is 0.807. The summed E-state index contributed by atoms with van der Waals surface area (Å²) in [4.78, 5) is 14.4. The Kier molecular flexibility index (Phi) is 4.09. The third kappa shape index (κ3) is 3.05. The molecule has 2 nitrogen and oxygen atoms in total. The number of hydrogen-bond acceptors (Lipinski definition) is 1. The van der Waals surface area contributed by atoms with Crippen molar-refractivity contribution in [2.75, 3.05) is 13.1 Å². The molecule has 1 aliphatic carbocycles. The van der Waals surface area contributed by atoms with Crippen LogP contribution < -0.4 is 0 Å². The third-order valence-corrected chi connectivity index (χ3v) is 4.90. The van der Waals surface area contributed by atoms with E-state index in [-0.39, 0.29) is 0 Å². The van der Waals surface area contributed by atoms with Crippen molar-refractivity contribution in [3.8, 4) is 0 Å². The lowest BCUT2D eigenvalue weighted by molar-refractivity contribution is -0.131. The smallest absolute Gasteiger partial charge is 0.226 e. The molecule has 1 aliphatic heterocycles. The molecule has 3 rings (SSSR count). The summed E-state index contributed by atoms with van der Waals surface area (Å²) in [6, 6.07) is 6.68. The van der Waals surface area contributed by atoms with Gasteiger partial charge in [0.2, 0.25) is 5.91 Å². The minimum absolute atomic E-state index is 0.313. The van der Waals surface area contributed by atoms with Crippen molar-refractivity contribution in [1.29, 1.82) is 0 Å². The lowest BCUT2D eigenvalue weighted by Crippen LogP contribution is -2.38. The molecule has 2 aliphatic rings. The molecule has 108 valence electrons. The second-order valence-electron chi connectivity index (χ2n) is 6.55. The molecular weight excluding hydrogens is 246 g/mol. The molecule has 0 bridgehead atoms. The van der Waals surface area contributed by atoms with Crippen molar-refractivity contribution in [2.24, 2.45) is 5.92 Å². The van der Waals surface area contributed by atoms with E-state index in [4.69, 9.17) is 0 Å². The van der Waals surface area contributed by atoms with Gasteiger partial charge in [0.25, 0.3) is 0 Å². The van der Waals surface area contributed by atoms with Crippen LogP contribution in [0.1, 0.15) is 49.3 Å². The van der Waals surface area contributed by atoms with Crippen LogP contribution in [0.2, 0.25) is 0 Å². The third-order valence-electron chi connectivity index (χ3n) is 4.90. The Balaban J connectivity index is 1.64. The van der Waals surface area contributed by atoms with Gasteiger partial charge in [0.1, 0.15) is 0 Å². The number of piperidine rings is 1. The summed E-state index contributed by atoms with van der Waals surface area (Å²) >= 11 is 0. The van der Waals surface area contributed by atoms with Gasteiger partial charge in [-0.15, -0.1) is 0 Å². The number of benzene rings is 1. The van der Waals surface area contributed by atoms with Crippen molar-refractivity contribution in [3.63, 3.8) is 0 Å². The molecule has 0 spiro atoms. The first kappa shape index (κ1) is 13.7. The van der Waals surface area contributed by atoms with E-state index in [2.05, 4.69) is 30.0 Å². The van der Waals surface area contributed by atoms with E-state index in [0.29, 0.717) is 12.3 Å². The standard InChI is InChI=1S/C18H25NO/c1-14-8-10-19(11-9-14)18(20)13-15-6-7-16-4-2-3-5-17(16)12-15/h6-7,12,14H,2-5,8-11,13H2,1H3. The van der Waals surface area contributed by atoms with E-state index in [0.717, 1.165) is 31.8 Å². The van der Waals surface area contributed by atoms with Gasteiger partial charge in [-0.25, -0.2) is 0 Å². The summed E-state index contributed by atoms with van der Waals surface area (Å²) in [5.41, 5.74) is 4.18. The number of likely N-dealkylation sites (tertiary alicyclic amines) is 1. The minimum Gasteiger partial charge on any atom is -0.342 e. The summed E-state index contributed by atoms with van der Waals surface area (Å²) in [5.74, 6) is 1.09. The number of nitrogens with zero attached hydrogens (tertiary/aromatic N) is 1. The highest BCUT2D eigenvalue weighted by molar-refractivity contribution is 5.79. The second-order valence-corrected chi connectivity index (χ2v) is 6.55. The van der Waals surface area contributed by atoms with E-state index in [9.17, 15) is 4.79 Å². The average Bonchev–Trinajstić information content (AvgIpc) is 2.48. The monoisotopic (exact) mass is 271 g/mol. The fourth-order valence-corrected chi connectivity index (χ4v) is 3.44. The molecule has 1 fully saturated rings. The molecule has 1 saturated heterocycles. The van der Waals surface area contributed by atoms with E-state index in [1.54, 1.807) is 0 Å². The van der Waals surface area contributed by atoms with E-state index < -0.39 is 0 Å². The Hall–Kier alpha value is -1.31. The highest BCUT2D eigenvalue weighted by Crippen LogP contribution is 2.23. The maximum absolute atomic E-state index is 12.4. The predicted octanol–water partition coefficient (Wildman–Crippen LogP) is 3.37. The molecule has 1 aromatic rings. The second kappa shape index (κ2) is 5.99. The number of hydrogen-bond donors (Lipinski definition) is 0. The van der Waals surface area contributed by atoms with Crippen LogP contribution in [0.3, 0.4) is 0 Å². The van der Waals surface area contributed by atoms with Gasteiger partial charge >= 0.3 is 0 Å². The van der Waals surface area contributed by atoms with Crippen molar-refractivity contribution in [2.45, 2.75) is 51.9 Å². The Morgan fingerprint density at radius 2 is 1.85 bits per heavy atom. The van der Waals surface area contributed by atoms with Gasteiger partial charge in [-0.1, -0.05) is 25.1 Å². The molecule has 0 atom stereocenters. The van der Waals surface area contributed by atoms with Crippen molar-refractivity contribution < 1.29 is 4.79 Å². The predicted molar refractivity (Wildman–Crippen MR) is 81.8 cm³/mol. The summed E-state index contributed by atoms with van der Waals surface area (Å²) in [7, 11) is 0. The Bertz CT molecular complexity index is 486. The van der Waals surface area contributed by atoms with Gasteiger partial charge in [-0.05, 0) is 61.1 Å². The number of carbonyl (C=O) groups is 1. The molecule has 1 amide bonds. The normalized spacial score (nSPS) is 19.8. The average molecular weight is 271 g/mol. The summed E-state index contributed by atoms with van der Waals surface area (Å²) in [6.07, 6.45) is 7.94. The largest absolute Gasteiger partial charge is 0.342 e. The van der Waals surface area contributed by atoms with Crippen LogP contribution >= 0.6 is 0 Å². The first-order chi connectivity index (χ1) is 9.72. The van der Waals surface area contributed by atoms with Gasteiger partial charge < -0.3 is 4.90 Å². The zero-order chi connectivity index (χ0) is 13.9. The lowest BCUT2D eigenvalue weighted by Gasteiger charge is -2.30. The first-order valence-corrected chi connectivity index (χ1v) is 8.11. The number of rotatable bonds is 2. The first-order valence-electron chi connectivity index (χ1n) is 8.11. The number of aryl methyl sites for hydroxylation is 2. The van der Waals surface area contributed by atoms with Gasteiger partial charge in [-0.3, -0.25) is 4.79 Å². The minimum atomic E-state index is 0.313. The fraction of sp³-hybridized carbons (Fsp3) is 0.611. The highest BCUT2D eigenvalue weighted by atomic mass is 16.2. The van der Waals surface area contributed by atoms with Crippen LogP contribution in [-0.2, 0) is 24.1 Å². The zero-order valence-electron chi connectivity index (χ0n) is 12.5. The van der Waals surface area contributed by atoms with Gasteiger partial charge in [0.05, 0.1) is 6.42 Å². The molecule has 1 heterocycles. The van der Waals surface area contributed by atoms with E-state index in [1.165, 1.54) is 42.4 Å². The number of carbonyl (C=O) groups excluding carboxylic acids is 1. The van der Waals surface area contributed by atoms with E-state index >= 15 is 0 Å². The van der Waals surface area contributed by atoms with Crippen molar-refractivity contribution in [3.05, 3.63) is 34.9 Å². The molecule has 0 aromatic heterocycles. The van der Waals surface area contributed by atoms with Crippen LogP contribution in [0.15, 0.2) is 18.2 Å². The zero-order valence-corrected chi connectivity index (χ0v) is 12.5. The maximum Gasteiger partial charge on any atom is 0.226 e. The molecular formula is C18H25NO. The van der Waals surface area contributed by atoms with E-state index in [1.807, 2.05) is 0 Å². The van der Waals surface area contributed by atoms with Crippen molar-refractivity contribution >= 4 is 5.91 Å². The molecule has 0 N–H and O–H groups in total. The summed E-state index contributed by atoms with van der Waals surface area (Å²) < 4.78 is 0. The Morgan fingerprint density at radius 1 is 1.15 bits per heavy atom. The highest BCUT2D eigenvalue weighted by Gasteiger charge is 2.20. The molecule has 2 heteroatoms. The SMILES string of the molecule is CC1CCN(C(=O)Cc2ccc3c(c2)CCCC3)CC1. The lowest BCUT2D eigenvalue weighted by atomic mass is 9.90. The molecule has 1 aromatic carbocycles. The molecule has 20 heavy (non-hydrogen) atoms. The summed E-state index contributed by atoms with van der Waals surface area (Å²) in [5, 5.41) is 0. The van der Waals surface area contributed by atoms with Crippen LogP contribution in [0.4, 0.5) is 0 Å². The molecule has 0 radical (unpaired) electrons. The van der Waals surface area contributed by atoms with Crippen LogP contribution in [0.5, 0.6) is 0 Å². The van der Waals surface area contributed by atoms with Crippen LogP contribution in [-0.4, -0.2) is 23.9 Å². The Labute approximate surface area is 122 Å². The van der Waals surface area contributed by atoms with Gasteiger partial charge in [-0.2, -0.15) is 0 Å². The summed E-state index contributed by atoms with van der Waals surface area (Å²) in [6.45, 7) is 4.18. The van der Waals surface area contributed by atoms with Crippen LogP contribution in [0.25, 0.3) is 0 Å². The molecule has 0 unspecified atom stereocenters. The van der Waals surface area contributed by atoms with Gasteiger partial charge in [0.15, 0.2) is 0 Å². The van der Waals surface area contributed by atoms with Crippen molar-refractivity contribution in [1.82, 2.24) is 4.90 Å². The van der Waals surface area contributed by atoms with Crippen LogP contribution in [0, 0.1) is 5.92 Å². The fourth-order valence-electron chi connectivity index (χ4n) is 3.44.